The second kappa shape index (κ2) is 8.72. The maximum Gasteiger partial charge on any atom is 0.254 e. The summed E-state index contributed by atoms with van der Waals surface area (Å²) in [6.45, 7) is 1.92. The summed E-state index contributed by atoms with van der Waals surface area (Å²) in [4.78, 5) is 14.1. The highest BCUT2D eigenvalue weighted by Gasteiger charge is 2.42. The molecule has 0 radical (unpaired) electrons. The van der Waals surface area contributed by atoms with Gasteiger partial charge in [0.05, 0.1) is 5.56 Å². The number of phenolic OH excluding ortho intramolecular Hbond substituents is 1. The minimum atomic E-state index is -0.760. The topological polar surface area (TPSA) is 91.3 Å². The Labute approximate surface area is 180 Å². The van der Waals surface area contributed by atoms with Crippen molar-refractivity contribution < 1.29 is 28.9 Å². The fourth-order valence-electron chi connectivity index (χ4n) is 4.31. The predicted molar refractivity (Wildman–Crippen MR) is 112 cm³/mol. The van der Waals surface area contributed by atoms with Crippen LogP contribution >= 0.6 is 0 Å². The summed E-state index contributed by atoms with van der Waals surface area (Å²) >= 11 is 0. The van der Waals surface area contributed by atoms with Crippen LogP contribution in [0.15, 0.2) is 36.4 Å². The van der Waals surface area contributed by atoms with E-state index in [0.29, 0.717) is 18.5 Å². The van der Waals surface area contributed by atoms with Crippen LogP contribution in [-0.4, -0.2) is 66.0 Å². The van der Waals surface area contributed by atoms with Crippen LogP contribution in [0.2, 0.25) is 0 Å². The first-order valence-corrected chi connectivity index (χ1v) is 10.4. The summed E-state index contributed by atoms with van der Waals surface area (Å²) in [5, 5.41) is 22.7. The van der Waals surface area contributed by atoms with Gasteiger partial charge in [-0.25, -0.2) is 4.39 Å². The average Bonchev–Trinajstić information content (AvgIpc) is 3.10. The minimum Gasteiger partial charge on any atom is -0.508 e. The van der Waals surface area contributed by atoms with Crippen LogP contribution in [0.4, 0.5) is 4.39 Å². The van der Waals surface area contributed by atoms with Crippen molar-refractivity contribution in [3.05, 3.63) is 53.3 Å². The molecule has 1 amide bonds. The number of rotatable bonds is 6. The van der Waals surface area contributed by atoms with Gasteiger partial charge in [-0.2, -0.15) is 0 Å². The SMILES string of the molecule is CNC(=O)c1ccc(O)cc1OC[C@H](O)CN1CCC2(CC1)Cc1cc(F)ccc1O2. The number of hydrogen-bond donors (Lipinski definition) is 3. The Morgan fingerprint density at radius 2 is 2.06 bits per heavy atom. The number of hydrogen-bond acceptors (Lipinski definition) is 6. The monoisotopic (exact) mass is 430 g/mol. The summed E-state index contributed by atoms with van der Waals surface area (Å²) in [7, 11) is 1.51. The third-order valence-electron chi connectivity index (χ3n) is 5.97. The highest BCUT2D eigenvalue weighted by molar-refractivity contribution is 5.96. The third-order valence-corrected chi connectivity index (χ3v) is 5.97. The summed E-state index contributed by atoms with van der Waals surface area (Å²) in [5.41, 5.74) is 0.916. The fraction of sp³-hybridized carbons (Fsp3) is 0.435. The van der Waals surface area contributed by atoms with E-state index >= 15 is 0 Å². The molecule has 1 saturated heterocycles. The van der Waals surface area contributed by atoms with E-state index in [0.717, 1.165) is 37.2 Å². The molecule has 2 aliphatic rings. The van der Waals surface area contributed by atoms with Crippen LogP contribution in [0.3, 0.4) is 0 Å². The van der Waals surface area contributed by atoms with Crippen LogP contribution in [0, 0.1) is 5.82 Å². The quantitative estimate of drug-likeness (QED) is 0.650. The third kappa shape index (κ3) is 4.75. The Hall–Kier alpha value is -2.84. The molecule has 0 unspecified atom stereocenters. The number of carbonyl (C=O) groups is 1. The summed E-state index contributed by atoms with van der Waals surface area (Å²) in [5.74, 6) is 0.395. The molecule has 2 aromatic carbocycles. The second-order valence-electron chi connectivity index (χ2n) is 8.24. The van der Waals surface area contributed by atoms with E-state index in [1.165, 1.54) is 31.3 Å². The number of piperidine rings is 1. The molecule has 31 heavy (non-hydrogen) atoms. The van der Waals surface area contributed by atoms with Crippen molar-refractivity contribution in [1.29, 1.82) is 0 Å². The van der Waals surface area contributed by atoms with E-state index < -0.39 is 6.10 Å². The Kier molecular flexibility index (Phi) is 6.02. The highest BCUT2D eigenvalue weighted by atomic mass is 19.1. The molecule has 1 fully saturated rings. The number of β-amino-alcohol motifs (C(OH)–C–C–N with tert-alkyl or cyclic N) is 1. The molecule has 166 valence electrons. The predicted octanol–water partition coefficient (Wildman–Crippen LogP) is 2.10. The van der Waals surface area contributed by atoms with Crippen molar-refractivity contribution in [1.82, 2.24) is 10.2 Å². The molecule has 1 atom stereocenters. The molecule has 8 heteroatoms. The van der Waals surface area contributed by atoms with Crippen molar-refractivity contribution in [2.24, 2.45) is 0 Å². The summed E-state index contributed by atoms with van der Waals surface area (Å²) < 4.78 is 25.3. The van der Waals surface area contributed by atoms with E-state index in [-0.39, 0.29) is 35.4 Å². The van der Waals surface area contributed by atoms with Crippen molar-refractivity contribution in [2.45, 2.75) is 31.0 Å². The van der Waals surface area contributed by atoms with E-state index in [4.69, 9.17) is 9.47 Å². The number of halogens is 1. The van der Waals surface area contributed by atoms with E-state index in [1.54, 1.807) is 12.1 Å². The number of aliphatic hydroxyl groups is 1. The zero-order valence-corrected chi connectivity index (χ0v) is 17.4. The van der Waals surface area contributed by atoms with Gasteiger partial charge in [0.2, 0.25) is 0 Å². The maximum atomic E-state index is 13.5. The van der Waals surface area contributed by atoms with E-state index in [1.807, 2.05) is 0 Å². The zero-order chi connectivity index (χ0) is 22.0. The van der Waals surface area contributed by atoms with Crippen molar-refractivity contribution in [3.8, 4) is 17.2 Å². The number of ether oxygens (including phenoxy) is 2. The van der Waals surface area contributed by atoms with Gasteiger partial charge >= 0.3 is 0 Å². The first-order valence-electron chi connectivity index (χ1n) is 10.4. The lowest BCUT2D eigenvalue weighted by Gasteiger charge is -2.39. The second-order valence-corrected chi connectivity index (χ2v) is 8.24. The molecular formula is C23H27FN2O5. The number of aliphatic hydroxyl groups excluding tert-OH is 1. The van der Waals surface area contributed by atoms with Crippen molar-refractivity contribution in [2.75, 3.05) is 33.3 Å². The van der Waals surface area contributed by atoms with Crippen molar-refractivity contribution in [3.63, 3.8) is 0 Å². The molecule has 1 spiro atoms. The molecule has 0 aromatic heterocycles. The number of nitrogens with zero attached hydrogens (tertiary/aromatic N) is 1. The van der Waals surface area contributed by atoms with Gasteiger partial charge in [0.1, 0.15) is 41.4 Å². The molecular weight excluding hydrogens is 403 g/mol. The van der Waals surface area contributed by atoms with E-state index in [2.05, 4.69) is 10.2 Å². The molecule has 0 bridgehead atoms. The molecule has 2 aliphatic heterocycles. The van der Waals surface area contributed by atoms with E-state index in [9.17, 15) is 19.4 Å². The zero-order valence-electron chi connectivity index (χ0n) is 17.4. The molecule has 0 saturated carbocycles. The molecule has 7 nitrogen and oxygen atoms in total. The van der Waals surface area contributed by atoms with Crippen molar-refractivity contribution >= 4 is 5.91 Å². The fourth-order valence-corrected chi connectivity index (χ4v) is 4.31. The molecule has 2 aromatic rings. The smallest absolute Gasteiger partial charge is 0.254 e. The maximum absolute atomic E-state index is 13.5. The largest absolute Gasteiger partial charge is 0.508 e. The first kappa shape index (κ1) is 21.4. The van der Waals surface area contributed by atoms with Gasteiger partial charge in [-0.1, -0.05) is 0 Å². The van der Waals surface area contributed by atoms with Crippen LogP contribution in [0.25, 0.3) is 0 Å². The Bertz CT molecular complexity index is 959. The van der Waals surface area contributed by atoms with Gasteiger partial charge in [0, 0.05) is 57.6 Å². The summed E-state index contributed by atoms with van der Waals surface area (Å²) in [6.07, 6.45) is 1.54. The number of likely N-dealkylation sites (tertiary alicyclic amines) is 1. The minimum absolute atomic E-state index is 0.00366. The number of amides is 1. The molecule has 0 aliphatic carbocycles. The van der Waals surface area contributed by atoms with Crippen LogP contribution in [0.5, 0.6) is 17.2 Å². The van der Waals surface area contributed by atoms with Crippen LogP contribution in [-0.2, 0) is 6.42 Å². The van der Waals surface area contributed by atoms with Crippen LogP contribution < -0.4 is 14.8 Å². The Morgan fingerprint density at radius 1 is 1.29 bits per heavy atom. The van der Waals surface area contributed by atoms with Gasteiger partial charge in [0.15, 0.2) is 0 Å². The molecule has 3 N–H and O–H groups in total. The number of nitrogens with one attached hydrogen (secondary N) is 1. The first-order chi connectivity index (χ1) is 14.9. The van der Waals surface area contributed by atoms with Gasteiger partial charge in [0.25, 0.3) is 5.91 Å². The lowest BCUT2D eigenvalue weighted by atomic mass is 9.87. The lowest BCUT2D eigenvalue weighted by Crippen LogP contribution is -2.49. The number of benzene rings is 2. The highest BCUT2D eigenvalue weighted by Crippen LogP contribution is 2.41. The molecule has 2 heterocycles. The lowest BCUT2D eigenvalue weighted by molar-refractivity contribution is -0.00200. The normalized spacial score (nSPS) is 18.3. The Morgan fingerprint density at radius 3 is 2.81 bits per heavy atom. The van der Waals surface area contributed by atoms with Gasteiger partial charge in [-0.05, 0) is 30.3 Å². The Balaban J connectivity index is 1.28. The summed E-state index contributed by atoms with van der Waals surface area (Å²) in [6, 6.07) is 8.92. The molecule has 4 rings (SSSR count). The van der Waals surface area contributed by atoms with Crippen LogP contribution in [0.1, 0.15) is 28.8 Å². The average molecular weight is 430 g/mol. The number of aromatic hydroxyl groups is 1. The van der Waals surface area contributed by atoms with Gasteiger partial charge in [-0.15, -0.1) is 0 Å². The standard InChI is InChI=1S/C23H27FN2O5/c1-25-22(29)19-4-3-17(27)11-21(19)30-14-18(28)13-26-8-6-23(7-9-26)12-15-10-16(24)2-5-20(15)31-23/h2-5,10-11,18,27-28H,6-9,12-14H2,1H3,(H,25,29)/t18-/m1/s1. The van der Waals surface area contributed by atoms with Gasteiger partial charge in [-0.3, -0.25) is 4.79 Å². The number of phenols is 1. The number of fused-ring (bicyclic) bond motifs is 1. The number of carbonyl (C=O) groups excluding carboxylic acids is 1. The van der Waals surface area contributed by atoms with Gasteiger partial charge < -0.3 is 29.9 Å².